The number of hydrogen-bond donors (Lipinski definition) is 0. The van der Waals surface area contributed by atoms with Crippen molar-refractivity contribution in [2.45, 2.75) is 40.5 Å². The van der Waals surface area contributed by atoms with Crippen molar-refractivity contribution in [3.63, 3.8) is 0 Å². The van der Waals surface area contributed by atoms with Gasteiger partial charge in [-0.2, -0.15) is 0 Å². The van der Waals surface area contributed by atoms with Crippen LogP contribution in [0.3, 0.4) is 0 Å². The predicted molar refractivity (Wildman–Crippen MR) is 105 cm³/mol. The van der Waals surface area contributed by atoms with Crippen LogP contribution in [0.2, 0.25) is 0 Å². The van der Waals surface area contributed by atoms with Gasteiger partial charge < -0.3 is 4.90 Å². The molecule has 0 aliphatic carbocycles. The second kappa shape index (κ2) is 7.48. The molecule has 0 radical (unpaired) electrons. The lowest BCUT2D eigenvalue weighted by molar-refractivity contribution is 0.628. The van der Waals surface area contributed by atoms with E-state index in [0.717, 1.165) is 58.9 Å². The maximum Gasteiger partial charge on any atom is 0.141 e. The third-order valence-corrected chi connectivity index (χ3v) is 5.24. The van der Waals surface area contributed by atoms with Gasteiger partial charge in [-0.25, -0.2) is 14.4 Å². The van der Waals surface area contributed by atoms with Crippen LogP contribution >= 0.6 is 11.3 Å². The Morgan fingerprint density at radius 1 is 1.00 bits per heavy atom. The SMILES string of the molecule is CCCN(CCC)c1nc(C)nc2sc(C)c(-c3ccc(F)cc3)c12. The van der Waals surface area contributed by atoms with E-state index in [9.17, 15) is 4.39 Å². The summed E-state index contributed by atoms with van der Waals surface area (Å²) in [6.07, 6.45) is 2.14. The molecule has 0 aliphatic heterocycles. The van der Waals surface area contributed by atoms with Crippen LogP contribution in [0.1, 0.15) is 37.4 Å². The fourth-order valence-corrected chi connectivity index (χ4v) is 4.34. The van der Waals surface area contributed by atoms with Crippen molar-refractivity contribution in [3.8, 4) is 11.1 Å². The van der Waals surface area contributed by atoms with Crippen molar-refractivity contribution in [2.24, 2.45) is 0 Å². The molecule has 0 N–H and O–H groups in total. The molecule has 3 nitrogen and oxygen atoms in total. The smallest absolute Gasteiger partial charge is 0.141 e. The van der Waals surface area contributed by atoms with Crippen LogP contribution in [-0.4, -0.2) is 23.1 Å². The zero-order valence-electron chi connectivity index (χ0n) is 15.3. The summed E-state index contributed by atoms with van der Waals surface area (Å²) in [6, 6.07) is 6.72. The van der Waals surface area contributed by atoms with Gasteiger partial charge in [0.25, 0.3) is 0 Å². The second-order valence-corrected chi connectivity index (χ2v) is 7.50. The first kappa shape index (κ1) is 17.8. The lowest BCUT2D eigenvalue weighted by Gasteiger charge is -2.24. The van der Waals surface area contributed by atoms with Crippen molar-refractivity contribution >= 4 is 27.4 Å². The van der Waals surface area contributed by atoms with Gasteiger partial charge in [-0.15, -0.1) is 11.3 Å². The van der Waals surface area contributed by atoms with Crippen molar-refractivity contribution in [1.82, 2.24) is 9.97 Å². The average molecular weight is 357 g/mol. The van der Waals surface area contributed by atoms with E-state index in [0.29, 0.717) is 0 Å². The maximum atomic E-state index is 13.4. The Bertz CT molecular complexity index is 865. The van der Waals surface area contributed by atoms with Crippen LogP contribution in [0.25, 0.3) is 21.3 Å². The molecular formula is C20H24FN3S. The van der Waals surface area contributed by atoms with Crippen LogP contribution in [-0.2, 0) is 0 Å². The minimum absolute atomic E-state index is 0.216. The number of hydrogen-bond acceptors (Lipinski definition) is 4. The second-order valence-electron chi connectivity index (χ2n) is 6.30. The first-order valence-electron chi connectivity index (χ1n) is 8.83. The van der Waals surface area contributed by atoms with E-state index in [1.807, 2.05) is 19.1 Å². The third kappa shape index (κ3) is 3.52. The molecule has 1 aromatic carbocycles. The molecule has 0 bridgehead atoms. The van der Waals surface area contributed by atoms with E-state index in [-0.39, 0.29) is 5.82 Å². The number of halogens is 1. The average Bonchev–Trinajstić information content (AvgIpc) is 2.90. The van der Waals surface area contributed by atoms with E-state index in [1.165, 1.54) is 17.0 Å². The number of benzene rings is 1. The van der Waals surface area contributed by atoms with Crippen LogP contribution in [0.5, 0.6) is 0 Å². The first-order chi connectivity index (χ1) is 12.0. The zero-order chi connectivity index (χ0) is 18.0. The van der Waals surface area contributed by atoms with Gasteiger partial charge in [0.2, 0.25) is 0 Å². The molecule has 25 heavy (non-hydrogen) atoms. The summed E-state index contributed by atoms with van der Waals surface area (Å²) in [7, 11) is 0. The number of rotatable bonds is 6. The van der Waals surface area contributed by atoms with Gasteiger partial charge in [-0.3, -0.25) is 0 Å². The quantitative estimate of drug-likeness (QED) is 0.563. The van der Waals surface area contributed by atoms with Gasteiger partial charge in [-0.05, 0) is 44.4 Å². The number of fused-ring (bicyclic) bond motifs is 1. The Kier molecular flexibility index (Phi) is 5.33. The van der Waals surface area contributed by atoms with Gasteiger partial charge >= 0.3 is 0 Å². The minimum atomic E-state index is -0.216. The molecule has 0 fully saturated rings. The molecule has 0 aliphatic rings. The molecule has 0 unspecified atom stereocenters. The van der Waals surface area contributed by atoms with E-state index in [4.69, 9.17) is 4.98 Å². The van der Waals surface area contributed by atoms with Gasteiger partial charge in [0.1, 0.15) is 22.3 Å². The van der Waals surface area contributed by atoms with Gasteiger partial charge in [0.15, 0.2) is 0 Å². The van der Waals surface area contributed by atoms with E-state index in [1.54, 1.807) is 11.3 Å². The maximum absolute atomic E-state index is 13.4. The molecular weight excluding hydrogens is 333 g/mol. The van der Waals surface area contributed by atoms with E-state index >= 15 is 0 Å². The molecule has 0 saturated heterocycles. The van der Waals surface area contributed by atoms with Crippen LogP contribution < -0.4 is 4.90 Å². The van der Waals surface area contributed by atoms with Gasteiger partial charge in [0.05, 0.1) is 5.39 Å². The normalized spacial score (nSPS) is 11.2. The standard InChI is InChI=1S/C20H24FN3S/c1-5-11-24(12-6-2)19-18-17(15-7-9-16(21)10-8-15)13(3)25-20(18)23-14(4)22-19/h7-10H,5-6,11-12H2,1-4H3. The number of thiophene rings is 1. The fraction of sp³-hybridized carbons (Fsp3) is 0.400. The Morgan fingerprint density at radius 2 is 1.64 bits per heavy atom. The fourth-order valence-electron chi connectivity index (χ4n) is 3.25. The molecule has 132 valence electrons. The summed E-state index contributed by atoms with van der Waals surface area (Å²) in [5.74, 6) is 1.59. The van der Waals surface area contributed by atoms with Crippen molar-refractivity contribution in [1.29, 1.82) is 0 Å². The van der Waals surface area contributed by atoms with Crippen molar-refractivity contribution in [2.75, 3.05) is 18.0 Å². The first-order valence-corrected chi connectivity index (χ1v) is 9.65. The largest absolute Gasteiger partial charge is 0.356 e. The molecule has 2 heterocycles. The number of aromatic nitrogens is 2. The molecule has 2 aromatic heterocycles. The summed E-state index contributed by atoms with van der Waals surface area (Å²) in [4.78, 5) is 14.0. The molecule has 0 spiro atoms. The summed E-state index contributed by atoms with van der Waals surface area (Å²) in [5.41, 5.74) is 2.15. The third-order valence-electron chi connectivity index (χ3n) is 4.24. The zero-order valence-corrected chi connectivity index (χ0v) is 16.1. The summed E-state index contributed by atoms with van der Waals surface area (Å²) in [6.45, 7) is 10.4. The molecule has 0 amide bonds. The van der Waals surface area contributed by atoms with E-state index < -0.39 is 0 Å². The van der Waals surface area contributed by atoms with E-state index in [2.05, 4.69) is 30.7 Å². The number of nitrogens with zero attached hydrogens (tertiary/aromatic N) is 3. The predicted octanol–water partition coefficient (Wildman–Crippen LogP) is 5.74. The Labute approximate surface area is 152 Å². The van der Waals surface area contributed by atoms with Crippen LogP contribution in [0, 0.1) is 19.7 Å². The highest BCUT2D eigenvalue weighted by molar-refractivity contribution is 7.19. The summed E-state index contributed by atoms with van der Waals surface area (Å²) < 4.78 is 13.4. The highest BCUT2D eigenvalue weighted by atomic mass is 32.1. The minimum Gasteiger partial charge on any atom is -0.356 e. The lowest BCUT2D eigenvalue weighted by Crippen LogP contribution is -2.26. The topological polar surface area (TPSA) is 29.0 Å². The van der Waals surface area contributed by atoms with Crippen molar-refractivity contribution < 1.29 is 4.39 Å². The number of anilines is 1. The monoisotopic (exact) mass is 357 g/mol. The van der Waals surface area contributed by atoms with Crippen LogP contribution in [0.15, 0.2) is 24.3 Å². The summed E-state index contributed by atoms with van der Waals surface area (Å²) >= 11 is 1.69. The Morgan fingerprint density at radius 3 is 2.24 bits per heavy atom. The molecule has 0 atom stereocenters. The molecule has 3 aromatic rings. The van der Waals surface area contributed by atoms with Crippen LogP contribution in [0.4, 0.5) is 10.2 Å². The molecule has 3 rings (SSSR count). The highest BCUT2D eigenvalue weighted by Gasteiger charge is 2.20. The molecule has 5 heteroatoms. The number of aryl methyl sites for hydroxylation is 2. The Hall–Kier alpha value is -2.01. The van der Waals surface area contributed by atoms with Crippen molar-refractivity contribution in [3.05, 3.63) is 40.8 Å². The lowest BCUT2D eigenvalue weighted by atomic mass is 10.0. The Balaban J connectivity index is 2.27. The summed E-state index contributed by atoms with van der Waals surface area (Å²) in [5, 5.41) is 1.10. The highest BCUT2D eigenvalue weighted by Crippen LogP contribution is 2.41. The van der Waals surface area contributed by atoms with Gasteiger partial charge in [0, 0.05) is 23.5 Å². The van der Waals surface area contributed by atoms with Gasteiger partial charge in [-0.1, -0.05) is 26.0 Å². The molecule has 0 saturated carbocycles.